The second kappa shape index (κ2) is 4.20. The zero-order valence-corrected chi connectivity index (χ0v) is 10.3. The number of carboxylic acid groups (broad SMARTS) is 1. The van der Waals surface area contributed by atoms with Gasteiger partial charge in [0.15, 0.2) is 0 Å². The Kier molecular flexibility index (Phi) is 2.64. The first-order valence-corrected chi connectivity index (χ1v) is 6.15. The molecule has 0 atom stereocenters. The monoisotopic (exact) mass is 258 g/mol. The van der Waals surface area contributed by atoms with Gasteiger partial charge in [-0.3, -0.25) is 5.10 Å². The molecule has 5 nitrogen and oxygen atoms in total. The Labute approximate surface area is 109 Å². The molecule has 1 fully saturated rings. The number of aliphatic hydroxyl groups excluding tert-OH is 1. The van der Waals surface area contributed by atoms with E-state index in [0.717, 1.165) is 24.0 Å². The lowest BCUT2D eigenvalue weighted by atomic mass is 9.95. The van der Waals surface area contributed by atoms with Crippen LogP contribution in [0.25, 0.3) is 11.3 Å². The maximum absolute atomic E-state index is 10.8. The summed E-state index contributed by atoms with van der Waals surface area (Å²) in [7, 11) is 0. The van der Waals surface area contributed by atoms with Crippen LogP contribution in [0.3, 0.4) is 0 Å². The molecule has 0 radical (unpaired) electrons. The van der Waals surface area contributed by atoms with Gasteiger partial charge in [-0.1, -0.05) is 24.3 Å². The third-order valence-corrected chi connectivity index (χ3v) is 3.76. The number of hydrogen-bond donors (Lipinski definition) is 3. The van der Waals surface area contributed by atoms with Crippen LogP contribution in [0.15, 0.2) is 30.3 Å². The van der Waals surface area contributed by atoms with Crippen molar-refractivity contribution in [3.63, 3.8) is 0 Å². The van der Waals surface area contributed by atoms with Crippen LogP contribution in [0.1, 0.15) is 28.9 Å². The second-order valence-electron chi connectivity index (χ2n) is 4.99. The van der Waals surface area contributed by atoms with Crippen LogP contribution in [-0.2, 0) is 5.41 Å². The molecule has 0 unspecified atom stereocenters. The fourth-order valence-electron chi connectivity index (χ4n) is 2.26. The van der Waals surface area contributed by atoms with Gasteiger partial charge < -0.3 is 10.2 Å². The Morgan fingerprint density at radius 3 is 2.47 bits per heavy atom. The Morgan fingerprint density at radius 2 is 2.00 bits per heavy atom. The molecule has 0 aliphatic heterocycles. The molecular weight excluding hydrogens is 244 g/mol. The quantitative estimate of drug-likeness (QED) is 0.780. The number of aromatic nitrogens is 2. The first kappa shape index (κ1) is 11.9. The Bertz CT molecular complexity index is 612. The number of hydrogen-bond acceptors (Lipinski definition) is 3. The molecule has 3 rings (SSSR count). The second-order valence-corrected chi connectivity index (χ2v) is 4.99. The van der Waals surface area contributed by atoms with E-state index in [2.05, 4.69) is 10.2 Å². The fourth-order valence-corrected chi connectivity index (χ4v) is 2.26. The van der Waals surface area contributed by atoms with Crippen molar-refractivity contribution in [1.82, 2.24) is 10.2 Å². The van der Waals surface area contributed by atoms with Crippen molar-refractivity contribution < 1.29 is 15.0 Å². The van der Waals surface area contributed by atoms with Crippen molar-refractivity contribution in [2.75, 3.05) is 6.61 Å². The number of benzene rings is 1. The summed E-state index contributed by atoms with van der Waals surface area (Å²) in [6.07, 6.45) is 2.04. The van der Waals surface area contributed by atoms with Gasteiger partial charge in [0, 0.05) is 11.0 Å². The minimum atomic E-state index is -1.02. The predicted octanol–water partition coefficient (Wildman–Crippen LogP) is 1.80. The Balaban J connectivity index is 1.87. The molecule has 0 amide bonds. The van der Waals surface area contributed by atoms with Crippen molar-refractivity contribution in [3.8, 4) is 11.3 Å². The molecule has 1 aromatic heterocycles. The van der Waals surface area contributed by atoms with Crippen LogP contribution in [0.2, 0.25) is 0 Å². The van der Waals surface area contributed by atoms with Gasteiger partial charge in [-0.15, -0.1) is 0 Å². The van der Waals surface area contributed by atoms with E-state index in [0.29, 0.717) is 5.69 Å². The minimum Gasteiger partial charge on any atom is -0.477 e. The van der Waals surface area contributed by atoms with E-state index in [1.54, 1.807) is 0 Å². The molecule has 98 valence electrons. The Hall–Kier alpha value is -2.14. The topological polar surface area (TPSA) is 86.2 Å². The van der Waals surface area contributed by atoms with Gasteiger partial charge >= 0.3 is 5.97 Å². The van der Waals surface area contributed by atoms with Crippen LogP contribution in [0.4, 0.5) is 0 Å². The summed E-state index contributed by atoms with van der Waals surface area (Å²) in [5.74, 6) is -1.02. The lowest BCUT2D eigenvalue weighted by Crippen LogP contribution is -2.11. The zero-order chi connectivity index (χ0) is 13.5. The lowest BCUT2D eigenvalue weighted by Gasteiger charge is -2.12. The van der Waals surface area contributed by atoms with Gasteiger partial charge in [-0.05, 0) is 24.5 Å². The standard InChI is InChI=1S/C14H14N2O3/c17-8-14(5-6-14)10-3-1-9(2-4-10)11-7-12(13(18)19)16-15-11/h1-4,7,17H,5-6,8H2,(H,15,16)(H,18,19). The van der Waals surface area contributed by atoms with E-state index in [1.807, 2.05) is 24.3 Å². The summed E-state index contributed by atoms with van der Waals surface area (Å²) in [6.45, 7) is 0.178. The highest BCUT2D eigenvalue weighted by Crippen LogP contribution is 2.47. The number of aliphatic hydroxyl groups is 1. The van der Waals surface area contributed by atoms with E-state index >= 15 is 0 Å². The molecule has 5 heteroatoms. The smallest absolute Gasteiger partial charge is 0.353 e. The summed E-state index contributed by atoms with van der Waals surface area (Å²) < 4.78 is 0. The molecule has 0 spiro atoms. The number of rotatable bonds is 4. The van der Waals surface area contributed by atoms with Crippen molar-refractivity contribution in [2.24, 2.45) is 0 Å². The maximum atomic E-state index is 10.8. The fraction of sp³-hybridized carbons (Fsp3) is 0.286. The molecule has 2 aromatic rings. The van der Waals surface area contributed by atoms with Crippen molar-refractivity contribution in [2.45, 2.75) is 18.3 Å². The molecule has 1 heterocycles. The molecule has 1 aromatic carbocycles. The highest BCUT2D eigenvalue weighted by atomic mass is 16.4. The number of aromatic amines is 1. The molecular formula is C14H14N2O3. The summed E-state index contributed by atoms with van der Waals surface area (Å²) in [6, 6.07) is 9.29. The zero-order valence-electron chi connectivity index (χ0n) is 10.3. The van der Waals surface area contributed by atoms with Gasteiger partial charge in [-0.2, -0.15) is 5.10 Å². The summed E-state index contributed by atoms with van der Waals surface area (Å²) in [5, 5.41) is 24.7. The molecule has 0 saturated heterocycles. The molecule has 1 saturated carbocycles. The lowest BCUT2D eigenvalue weighted by molar-refractivity contribution is 0.0690. The molecule has 0 bridgehead atoms. The number of H-pyrrole nitrogens is 1. The Morgan fingerprint density at radius 1 is 1.32 bits per heavy atom. The summed E-state index contributed by atoms with van der Waals surface area (Å²) in [5.41, 5.74) is 2.64. The molecule has 1 aliphatic carbocycles. The first-order valence-electron chi connectivity index (χ1n) is 6.15. The van der Waals surface area contributed by atoms with E-state index < -0.39 is 5.97 Å². The first-order chi connectivity index (χ1) is 9.14. The van der Waals surface area contributed by atoms with Crippen LogP contribution in [0, 0.1) is 0 Å². The number of nitrogens with one attached hydrogen (secondary N) is 1. The third kappa shape index (κ3) is 2.02. The van der Waals surface area contributed by atoms with E-state index in [-0.39, 0.29) is 17.7 Å². The van der Waals surface area contributed by atoms with E-state index in [1.165, 1.54) is 6.07 Å². The highest BCUT2D eigenvalue weighted by molar-refractivity contribution is 5.86. The number of nitrogens with zero attached hydrogens (tertiary/aromatic N) is 1. The number of carboxylic acids is 1. The minimum absolute atomic E-state index is 0.0453. The van der Waals surface area contributed by atoms with Crippen LogP contribution >= 0.6 is 0 Å². The average Bonchev–Trinajstić information content (AvgIpc) is 3.07. The summed E-state index contributed by atoms with van der Waals surface area (Å²) >= 11 is 0. The van der Waals surface area contributed by atoms with Gasteiger partial charge in [0.1, 0.15) is 5.69 Å². The van der Waals surface area contributed by atoms with Crippen LogP contribution in [0.5, 0.6) is 0 Å². The molecule has 3 N–H and O–H groups in total. The SMILES string of the molecule is O=C(O)c1cc(-c2ccc(C3(CO)CC3)cc2)n[nH]1. The van der Waals surface area contributed by atoms with Gasteiger partial charge in [-0.25, -0.2) is 4.79 Å². The van der Waals surface area contributed by atoms with Crippen LogP contribution in [-0.4, -0.2) is 33.0 Å². The van der Waals surface area contributed by atoms with Gasteiger partial charge in [0.2, 0.25) is 0 Å². The van der Waals surface area contributed by atoms with E-state index in [4.69, 9.17) is 5.11 Å². The normalized spacial score (nSPS) is 16.3. The predicted molar refractivity (Wildman–Crippen MR) is 69.0 cm³/mol. The molecule has 1 aliphatic rings. The number of carbonyl (C=O) groups is 1. The third-order valence-electron chi connectivity index (χ3n) is 3.76. The van der Waals surface area contributed by atoms with E-state index in [9.17, 15) is 9.90 Å². The molecule has 19 heavy (non-hydrogen) atoms. The largest absolute Gasteiger partial charge is 0.477 e. The van der Waals surface area contributed by atoms with Crippen LogP contribution < -0.4 is 0 Å². The van der Waals surface area contributed by atoms with Crippen molar-refractivity contribution in [3.05, 3.63) is 41.6 Å². The highest BCUT2D eigenvalue weighted by Gasteiger charge is 2.43. The summed E-state index contributed by atoms with van der Waals surface area (Å²) in [4.78, 5) is 10.8. The van der Waals surface area contributed by atoms with Crippen molar-refractivity contribution in [1.29, 1.82) is 0 Å². The maximum Gasteiger partial charge on any atom is 0.353 e. The van der Waals surface area contributed by atoms with Gasteiger partial charge in [0.05, 0.1) is 12.3 Å². The van der Waals surface area contributed by atoms with Gasteiger partial charge in [0.25, 0.3) is 0 Å². The average molecular weight is 258 g/mol. The number of aromatic carboxylic acids is 1. The van der Waals surface area contributed by atoms with Crippen molar-refractivity contribution >= 4 is 5.97 Å².